The van der Waals surface area contributed by atoms with Gasteiger partial charge in [-0.15, -0.1) is 0 Å². The molecule has 0 heterocycles. The predicted molar refractivity (Wildman–Crippen MR) is 148 cm³/mol. The number of nitrogens with one attached hydrogen (secondary N) is 1. The van der Waals surface area contributed by atoms with Crippen molar-refractivity contribution < 1.29 is 18.0 Å². The van der Waals surface area contributed by atoms with Crippen molar-refractivity contribution in [3.63, 3.8) is 0 Å². The maximum atomic E-state index is 13.9. The van der Waals surface area contributed by atoms with Crippen LogP contribution >= 0.6 is 11.6 Å². The maximum absolute atomic E-state index is 13.9. The minimum Gasteiger partial charge on any atom is -0.357 e. The summed E-state index contributed by atoms with van der Waals surface area (Å²) in [6, 6.07) is 20.9. The van der Waals surface area contributed by atoms with Crippen LogP contribution in [-0.4, -0.2) is 51.0 Å². The summed E-state index contributed by atoms with van der Waals surface area (Å²) in [6.45, 7) is 3.36. The van der Waals surface area contributed by atoms with E-state index in [1.807, 2.05) is 56.3 Å². The quantitative estimate of drug-likeness (QED) is 0.418. The maximum Gasteiger partial charge on any atom is 0.244 e. The van der Waals surface area contributed by atoms with E-state index in [0.717, 1.165) is 32.8 Å². The van der Waals surface area contributed by atoms with Gasteiger partial charge in [0.2, 0.25) is 21.8 Å². The van der Waals surface area contributed by atoms with Crippen LogP contribution in [0.15, 0.2) is 72.8 Å². The number of amides is 2. The van der Waals surface area contributed by atoms with E-state index in [4.69, 9.17) is 11.6 Å². The molecule has 0 aromatic heterocycles. The van der Waals surface area contributed by atoms with E-state index in [1.165, 1.54) is 11.9 Å². The highest BCUT2D eigenvalue weighted by molar-refractivity contribution is 7.92. The molecule has 1 atom stereocenters. The van der Waals surface area contributed by atoms with Crippen LogP contribution in [0.4, 0.5) is 5.69 Å². The highest BCUT2D eigenvalue weighted by atomic mass is 35.5. The third-order valence-corrected chi connectivity index (χ3v) is 7.31. The Morgan fingerprint density at radius 1 is 0.919 bits per heavy atom. The van der Waals surface area contributed by atoms with Gasteiger partial charge in [0.1, 0.15) is 12.6 Å². The van der Waals surface area contributed by atoms with Crippen LogP contribution in [-0.2, 0) is 32.6 Å². The topological polar surface area (TPSA) is 86.8 Å². The number of halogens is 1. The Hall–Kier alpha value is -3.36. The molecule has 0 bridgehead atoms. The Morgan fingerprint density at radius 3 is 2.11 bits per heavy atom. The van der Waals surface area contributed by atoms with E-state index in [2.05, 4.69) is 5.32 Å². The van der Waals surface area contributed by atoms with Gasteiger partial charge in [-0.1, -0.05) is 60.1 Å². The van der Waals surface area contributed by atoms with Crippen molar-refractivity contribution in [3.05, 3.63) is 100 Å². The molecule has 3 aromatic rings. The lowest BCUT2D eigenvalue weighted by Gasteiger charge is -2.33. The summed E-state index contributed by atoms with van der Waals surface area (Å²) in [4.78, 5) is 28.4. The van der Waals surface area contributed by atoms with E-state index >= 15 is 0 Å². The first-order valence-corrected chi connectivity index (χ1v) is 14.1. The zero-order chi connectivity index (χ0) is 27.2. The molecule has 0 radical (unpaired) electrons. The van der Waals surface area contributed by atoms with E-state index < -0.39 is 28.5 Å². The van der Waals surface area contributed by atoms with E-state index in [1.54, 1.807) is 30.3 Å². The molecule has 9 heteroatoms. The van der Waals surface area contributed by atoms with Crippen LogP contribution in [0.25, 0.3) is 0 Å². The number of rotatable bonds is 10. The molecule has 37 heavy (non-hydrogen) atoms. The average molecular weight is 542 g/mol. The molecule has 0 saturated heterocycles. The fourth-order valence-electron chi connectivity index (χ4n) is 4.26. The molecule has 0 aliphatic carbocycles. The smallest absolute Gasteiger partial charge is 0.244 e. The SMILES string of the molecule is CNC(=O)[C@H](Cc1ccccc1)N(Cc1cccc(Cl)c1)C(=O)CN(c1cc(C)cc(C)c1)S(C)(=O)=O. The van der Waals surface area contributed by atoms with E-state index in [0.29, 0.717) is 10.7 Å². The van der Waals surface area contributed by atoms with Crippen LogP contribution in [0.3, 0.4) is 0 Å². The van der Waals surface area contributed by atoms with Crippen molar-refractivity contribution in [1.82, 2.24) is 10.2 Å². The first-order chi connectivity index (χ1) is 17.5. The van der Waals surface area contributed by atoms with Crippen molar-refractivity contribution in [2.24, 2.45) is 0 Å². The van der Waals surface area contributed by atoms with Gasteiger partial charge in [0.25, 0.3) is 0 Å². The Balaban J connectivity index is 2.04. The highest BCUT2D eigenvalue weighted by Gasteiger charge is 2.32. The van der Waals surface area contributed by atoms with Crippen LogP contribution in [0.1, 0.15) is 22.3 Å². The number of sulfonamides is 1. The fourth-order valence-corrected chi connectivity index (χ4v) is 5.31. The van der Waals surface area contributed by atoms with Gasteiger partial charge in [0, 0.05) is 25.0 Å². The molecule has 1 N–H and O–H groups in total. The lowest BCUT2D eigenvalue weighted by Crippen LogP contribution is -2.52. The number of aryl methyl sites for hydroxylation is 2. The van der Waals surface area contributed by atoms with Crippen LogP contribution in [0, 0.1) is 13.8 Å². The number of hydrogen-bond donors (Lipinski definition) is 1. The van der Waals surface area contributed by atoms with Crippen LogP contribution in [0.5, 0.6) is 0 Å². The molecule has 0 aliphatic heterocycles. The third kappa shape index (κ3) is 7.81. The molecule has 7 nitrogen and oxygen atoms in total. The molecule has 196 valence electrons. The highest BCUT2D eigenvalue weighted by Crippen LogP contribution is 2.23. The van der Waals surface area contributed by atoms with Gasteiger partial charge in [-0.2, -0.15) is 0 Å². The van der Waals surface area contributed by atoms with Gasteiger partial charge in [0.15, 0.2) is 0 Å². The van der Waals surface area contributed by atoms with Gasteiger partial charge >= 0.3 is 0 Å². The molecule has 3 aromatic carbocycles. The summed E-state index contributed by atoms with van der Waals surface area (Å²) in [6.07, 6.45) is 1.33. The summed E-state index contributed by atoms with van der Waals surface area (Å²) < 4.78 is 26.7. The van der Waals surface area contributed by atoms with Gasteiger partial charge in [-0.3, -0.25) is 13.9 Å². The number of anilines is 1. The van der Waals surface area contributed by atoms with Crippen LogP contribution < -0.4 is 9.62 Å². The van der Waals surface area contributed by atoms with Crippen molar-refractivity contribution >= 4 is 39.1 Å². The average Bonchev–Trinajstić information content (AvgIpc) is 2.83. The number of nitrogens with zero attached hydrogens (tertiary/aromatic N) is 2. The summed E-state index contributed by atoms with van der Waals surface area (Å²) in [7, 11) is -2.29. The fraction of sp³-hybridized carbons (Fsp3) is 0.286. The second-order valence-electron chi connectivity index (χ2n) is 9.09. The molecule has 0 unspecified atom stereocenters. The second-order valence-corrected chi connectivity index (χ2v) is 11.4. The molecule has 0 fully saturated rings. The van der Waals surface area contributed by atoms with Crippen molar-refractivity contribution in [2.45, 2.75) is 32.9 Å². The monoisotopic (exact) mass is 541 g/mol. The summed E-state index contributed by atoms with van der Waals surface area (Å²) in [5, 5.41) is 3.15. The minimum absolute atomic E-state index is 0.0781. The lowest BCUT2D eigenvalue weighted by molar-refractivity contribution is -0.139. The largest absolute Gasteiger partial charge is 0.357 e. The zero-order valence-electron chi connectivity index (χ0n) is 21.4. The van der Waals surface area contributed by atoms with Gasteiger partial charge in [-0.25, -0.2) is 8.42 Å². The van der Waals surface area contributed by atoms with Gasteiger partial charge in [-0.05, 0) is 60.4 Å². The molecule has 0 spiro atoms. The number of benzene rings is 3. The lowest BCUT2D eigenvalue weighted by atomic mass is 10.0. The molecule has 0 aliphatic rings. The number of carbonyl (C=O) groups excluding carboxylic acids is 2. The Bertz CT molecular complexity index is 1340. The zero-order valence-corrected chi connectivity index (χ0v) is 23.0. The number of hydrogen-bond acceptors (Lipinski definition) is 4. The number of likely N-dealkylation sites (N-methyl/N-ethyl adjacent to an activating group) is 1. The van der Waals surface area contributed by atoms with Crippen molar-refractivity contribution in [2.75, 3.05) is 24.2 Å². The van der Waals surface area contributed by atoms with Crippen LogP contribution in [0.2, 0.25) is 5.02 Å². The number of carbonyl (C=O) groups is 2. The van der Waals surface area contributed by atoms with Crippen molar-refractivity contribution in [3.8, 4) is 0 Å². The Labute approximate surface area is 224 Å². The summed E-state index contributed by atoms with van der Waals surface area (Å²) in [5.74, 6) is -0.856. The molecule has 0 saturated carbocycles. The third-order valence-electron chi connectivity index (χ3n) is 5.93. The normalized spacial score (nSPS) is 12.0. The minimum atomic E-state index is -3.81. The predicted octanol–water partition coefficient (Wildman–Crippen LogP) is 4.11. The summed E-state index contributed by atoms with van der Waals surface area (Å²) >= 11 is 6.19. The molecule has 2 amide bonds. The Morgan fingerprint density at radius 2 is 1.54 bits per heavy atom. The van der Waals surface area contributed by atoms with Crippen molar-refractivity contribution in [1.29, 1.82) is 0 Å². The molecular weight excluding hydrogens is 510 g/mol. The van der Waals surface area contributed by atoms with E-state index in [-0.39, 0.29) is 18.9 Å². The first-order valence-electron chi connectivity index (χ1n) is 11.8. The molecule has 3 rings (SSSR count). The van der Waals surface area contributed by atoms with Gasteiger partial charge < -0.3 is 10.2 Å². The summed E-state index contributed by atoms with van der Waals surface area (Å²) in [5.41, 5.74) is 3.74. The standard InChI is InChI=1S/C28H32ClN3O4S/c1-20-13-21(2)15-25(14-20)32(37(4,35)36)19-27(33)31(18-23-11-8-12-24(29)16-23)26(28(34)30-3)17-22-9-6-5-7-10-22/h5-16,26H,17-19H2,1-4H3,(H,30,34)/t26-/m0/s1. The molecular formula is C28H32ClN3O4S. The second kappa shape index (κ2) is 12.3. The first kappa shape index (κ1) is 28.2. The Kier molecular flexibility index (Phi) is 9.34. The van der Waals surface area contributed by atoms with Gasteiger partial charge in [0.05, 0.1) is 11.9 Å². The van der Waals surface area contributed by atoms with E-state index in [9.17, 15) is 18.0 Å².